The molecule has 1 aromatic carbocycles. The van der Waals surface area contributed by atoms with Crippen LogP contribution in [0.25, 0.3) is 0 Å². The second-order valence-corrected chi connectivity index (χ2v) is 6.46. The van der Waals surface area contributed by atoms with Crippen molar-refractivity contribution in [1.29, 1.82) is 0 Å². The fourth-order valence-electron chi connectivity index (χ4n) is 3.21. The smallest absolute Gasteiger partial charge is 0.0808 e. The predicted molar refractivity (Wildman–Crippen MR) is 84.7 cm³/mol. The predicted octanol–water partition coefficient (Wildman–Crippen LogP) is 4.12. The summed E-state index contributed by atoms with van der Waals surface area (Å²) in [5, 5.41) is 0. The first-order valence-corrected chi connectivity index (χ1v) is 7.99. The molecule has 2 N–H and O–H groups in total. The summed E-state index contributed by atoms with van der Waals surface area (Å²) >= 11 is 0. The summed E-state index contributed by atoms with van der Waals surface area (Å²) in [6, 6.07) is 6.57. The number of rotatable bonds is 5. The maximum absolute atomic E-state index is 6.31. The molecular formula is C18H29NO. The van der Waals surface area contributed by atoms with Gasteiger partial charge in [0.2, 0.25) is 0 Å². The van der Waals surface area contributed by atoms with Gasteiger partial charge >= 0.3 is 0 Å². The van der Waals surface area contributed by atoms with E-state index >= 15 is 0 Å². The van der Waals surface area contributed by atoms with E-state index in [2.05, 4.69) is 39.0 Å². The fourth-order valence-corrected chi connectivity index (χ4v) is 3.21. The third kappa shape index (κ3) is 3.62. The van der Waals surface area contributed by atoms with Crippen LogP contribution >= 0.6 is 0 Å². The molecule has 20 heavy (non-hydrogen) atoms. The van der Waals surface area contributed by atoms with E-state index in [1.807, 2.05) is 0 Å². The molecule has 0 aromatic heterocycles. The summed E-state index contributed by atoms with van der Waals surface area (Å²) in [7, 11) is 0. The summed E-state index contributed by atoms with van der Waals surface area (Å²) in [6.07, 6.45) is 6.05. The molecular weight excluding hydrogens is 246 g/mol. The van der Waals surface area contributed by atoms with Gasteiger partial charge in [0.1, 0.15) is 0 Å². The van der Waals surface area contributed by atoms with Crippen LogP contribution in [0.15, 0.2) is 18.2 Å². The van der Waals surface area contributed by atoms with Gasteiger partial charge in [-0.15, -0.1) is 0 Å². The minimum Gasteiger partial charge on any atom is -0.369 e. The van der Waals surface area contributed by atoms with Crippen LogP contribution in [-0.2, 0) is 11.3 Å². The molecule has 0 saturated heterocycles. The summed E-state index contributed by atoms with van der Waals surface area (Å²) in [5.74, 6) is 0.874. The zero-order valence-electron chi connectivity index (χ0n) is 13.2. The Bertz CT molecular complexity index is 433. The third-order valence-corrected chi connectivity index (χ3v) is 5.00. The first kappa shape index (κ1) is 15.5. The Hall–Kier alpha value is -0.860. The number of nitrogens with two attached hydrogens (primary N) is 1. The second-order valence-electron chi connectivity index (χ2n) is 6.46. The normalized spacial score (nSPS) is 26.7. The summed E-state index contributed by atoms with van der Waals surface area (Å²) < 4.78 is 6.31. The van der Waals surface area contributed by atoms with Crippen LogP contribution < -0.4 is 5.73 Å². The van der Waals surface area contributed by atoms with Crippen LogP contribution in [0.1, 0.15) is 55.7 Å². The monoisotopic (exact) mass is 275 g/mol. The third-order valence-electron chi connectivity index (χ3n) is 5.00. The lowest BCUT2D eigenvalue weighted by molar-refractivity contribution is -0.0814. The van der Waals surface area contributed by atoms with Gasteiger partial charge in [0.05, 0.1) is 12.2 Å². The molecule has 2 heteroatoms. The number of aryl methyl sites for hydroxylation is 2. The quantitative estimate of drug-likeness (QED) is 0.877. The minimum atomic E-state index is -0.0815. The Morgan fingerprint density at radius 3 is 2.55 bits per heavy atom. The molecule has 0 heterocycles. The summed E-state index contributed by atoms with van der Waals surface area (Å²) in [6.45, 7) is 7.92. The van der Waals surface area contributed by atoms with Crippen molar-refractivity contribution in [1.82, 2.24) is 0 Å². The molecule has 1 saturated carbocycles. The van der Waals surface area contributed by atoms with Gasteiger partial charge in [-0.05, 0) is 56.6 Å². The minimum absolute atomic E-state index is 0.0815. The molecule has 0 unspecified atom stereocenters. The van der Waals surface area contributed by atoms with Crippen LogP contribution in [0.2, 0.25) is 0 Å². The van der Waals surface area contributed by atoms with Gasteiger partial charge in [-0.25, -0.2) is 0 Å². The number of hydrogen-bond donors (Lipinski definition) is 1. The van der Waals surface area contributed by atoms with Gasteiger partial charge in [-0.3, -0.25) is 0 Å². The summed E-state index contributed by atoms with van der Waals surface area (Å²) in [4.78, 5) is 0. The molecule has 0 radical (unpaired) electrons. The van der Waals surface area contributed by atoms with Gasteiger partial charge < -0.3 is 10.5 Å². The van der Waals surface area contributed by atoms with Crippen molar-refractivity contribution in [3.8, 4) is 0 Å². The zero-order chi connectivity index (χ0) is 14.6. The van der Waals surface area contributed by atoms with Crippen LogP contribution in [0.4, 0.5) is 0 Å². The van der Waals surface area contributed by atoms with E-state index in [-0.39, 0.29) is 5.60 Å². The van der Waals surface area contributed by atoms with E-state index in [0.29, 0.717) is 13.2 Å². The molecule has 0 aliphatic heterocycles. The number of hydrogen-bond acceptors (Lipinski definition) is 2. The summed E-state index contributed by atoms with van der Waals surface area (Å²) in [5.41, 5.74) is 9.86. The lowest BCUT2D eigenvalue weighted by Gasteiger charge is -2.39. The molecule has 0 atom stereocenters. The molecule has 1 aliphatic rings. The first-order chi connectivity index (χ1) is 9.58. The van der Waals surface area contributed by atoms with E-state index in [0.717, 1.165) is 18.8 Å². The van der Waals surface area contributed by atoms with Gasteiger partial charge in [-0.1, -0.05) is 37.1 Å². The fraction of sp³-hybridized carbons (Fsp3) is 0.667. The lowest BCUT2D eigenvalue weighted by atomic mass is 9.77. The van der Waals surface area contributed by atoms with E-state index in [1.54, 1.807) is 0 Å². The van der Waals surface area contributed by atoms with Crippen molar-refractivity contribution in [2.45, 2.75) is 65.1 Å². The highest BCUT2D eigenvalue weighted by Crippen LogP contribution is 2.36. The SMILES string of the molecule is CCC1CCC(CN)(OCc2cc(C)ccc2C)CC1. The molecule has 112 valence electrons. The molecule has 1 aliphatic carbocycles. The molecule has 0 amide bonds. The highest BCUT2D eigenvalue weighted by molar-refractivity contribution is 5.29. The molecule has 0 spiro atoms. The Labute approximate surface area is 123 Å². The highest BCUT2D eigenvalue weighted by Gasteiger charge is 2.34. The van der Waals surface area contributed by atoms with Crippen LogP contribution in [0, 0.1) is 19.8 Å². The second kappa shape index (κ2) is 6.73. The van der Waals surface area contributed by atoms with Crippen LogP contribution in [0.5, 0.6) is 0 Å². The van der Waals surface area contributed by atoms with Crippen molar-refractivity contribution < 1.29 is 4.74 Å². The first-order valence-electron chi connectivity index (χ1n) is 7.99. The topological polar surface area (TPSA) is 35.2 Å². The molecule has 1 aromatic rings. The van der Waals surface area contributed by atoms with E-state index in [9.17, 15) is 0 Å². The van der Waals surface area contributed by atoms with Gasteiger partial charge in [0.15, 0.2) is 0 Å². The average molecular weight is 275 g/mol. The van der Waals surface area contributed by atoms with Crippen LogP contribution in [-0.4, -0.2) is 12.1 Å². The largest absolute Gasteiger partial charge is 0.369 e. The van der Waals surface area contributed by atoms with Crippen molar-refractivity contribution in [2.24, 2.45) is 11.7 Å². The highest BCUT2D eigenvalue weighted by atomic mass is 16.5. The Balaban J connectivity index is 1.99. The molecule has 0 bridgehead atoms. The van der Waals surface area contributed by atoms with Crippen molar-refractivity contribution in [3.05, 3.63) is 34.9 Å². The molecule has 1 fully saturated rings. The maximum Gasteiger partial charge on any atom is 0.0808 e. The van der Waals surface area contributed by atoms with Crippen molar-refractivity contribution in [3.63, 3.8) is 0 Å². The van der Waals surface area contributed by atoms with Crippen LogP contribution in [0.3, 0.4) is 0 Å². The van der Waals surface area contributed by atoms with Gasteiger partial charge in [-0.2, -0.15) is 0 Å². The lowest BCUT2D eigenvalue weighted by Crippen LogP contribution is -2.43. The Morgan fingerprint density at radius 2 is 1.95 bits per heavy atom. The maximum atomic E-state index is 6.31. The zero-order valence-corrected chi connectivity index (χ0v) is 13.2. The van der Waals surface area contributed by atoms with Gasteiger partial charge in [0, 0.05) is 6.54 Å². The van der Waals surface area contributed by atoms with E-state index in [4.69, 9.17) is 10.5 Å². The van der Waals surface area contributed by atoms with E-state index < -0.39 is 0 Å². The standard InChI is InChI=1S/C18H29NO/c1-4-16-7-9-18(13-19,10-8-16)20-12-17-11-14(2)5-6-15(17)3/h5-6,11,16H,4,7-10,12-13,19H2,1-3H3. The Kier molecular flexibility index (Phi) is 5.22. The van der Waals surface area contributed by atoms with Crippen molar-refractivity contribution >= 4 is 0 Å². The molecule has 2 rings (SSSR count). The number of ether oxygens (including phenoxy) is 1. The average Bonchev–Trinajstić information content (AvgIpc) is 2.49. The van der Waals surface area contributed by atoms with E-state index in [1.165, 1.54) is 36.0 Å². The number of benzene rings is 1. The molecule has 2 nitrogen and oxygen atoms in total. The Morgan fingerprint density at radius 1 is 1.25 bits per heavy atom. The van der Waals surface area contributed by atoms with Gasteiger partial charge in [0.25, 0.3) is 0 Å². The van der Waals surface area contributed by atoms with Crippen molar-refractivity contribution in [2.75, 3.05) is 6.54 Å².